The van der Waals surface area contributed by atoms with E-state index in [-0.39, 0.29) is 22.8 Å². The first kappa shape index (κ1) is 12.8. The molecule has 94 valence electrons. The fourth-order valence-corrected chi connectivity index (χ4v) is 2.17. The standard InChI is InChI=1S/C11H11ClN4OS/c1-6(11-14-2-3-18-11)16-10(17)7-4-8(12)9(13)15-5-7/h2-6H,1H3,(H2,13,15)(H,16,17). The number of nitrogens with one attached hydrogen (secondary N) is 1. The van der Waals surface area contributed by atoms with Gasteiger partial charge in [0.05, 0.1) is 16.6 Å². The normalized spacial score (nSPS) is 12.1. The highest BCUT2D eigenvalue weighted by atomic mass is 35.5. The van der Waals surface area contributed by atoms with Gasteiger partial charge in [0.2, 0.25) is 0 Å². The highest BCUT2D eigenvalue weighted by molar-refractivity contribution is 7.09. The Kier molecular flexibility index (Phi) is 3.78. The van der Waals surface area contributed by atoms with Crippen LogP contribution in [0.4, 0.5) is 5.82 Å². The third kappa shape index (κ3) is 2.77. The monoisotopic (exact) mass is 282 g/mol. The van der Waals surface area contributed by atoms with Gasteiger partial charge in [-0.3, -0.25) is 4.79 Å². The van der Waals surface area contributed by atoms with Crippen molar-refractivity contribution in [2.75, 3.05) is 5.73 Å². The molecule has 0 saturated carbocycles. The number of rotatable bonds is 3. The lowest BCUT2D eigenvalue weighted by Crippen LogP contribution is -2.26. The van der Waals surface area contributed by atoms with Crippen molar-refractivity contribution in [3.05, 3.63) is 39.4 Å². The van der Waals surface area contributed by atoms with Crippen LogP contribution in [0.15, 0.2) is 23.8 Å². The Bertz CT molecular complexity index is 558. The summed E-state index contributed by atoms with van der Waals surface area (Å²) in [6.45, 7) is 1.86. The molecule has 1 unspecified atom stereocenters. The summed E-state index contributed by atoms with van der Waals surface area (Å²) in [5.41, 5.74) is 5.86. The molecule has 0 radical (unpaired) electrons. The molecule has 0 aliphatic heterocycles. The molecule has 0 bridgehead atoms. The number of hydrogen-bond donors (Lipinski definition) is 2. The topological polar surface area (TPSA) is 80.9 Å². The largest absolute Gasteiger partial charge is 0.382 e. The van der Waals surface area contributed by atoms with E-state index < -0.39 is 0 Å². The number of pyridine rings is 1. The average molecular weight is 283 g/mol. The van der Waals surface area contributed by atoms with E-state index in [0.717, 1.165) is 5.01 Å². The molecule has 0 aliphatic carbocycles. The second-order valence-corrected chi connectivity index (χ2v) is 4.99. The van der Waals surface area contributed by atoms with Crippen molar-refractivity contribution in [3.63, 3.8) is 0 Å². The van der Waals surface area contributed by atoms with Crippen LogP contribution < -0.4 is 11.1 Å². The molecule has 5 nitrogen and oxygen atoms in total. The maximum absolute atomic E-state index is 11.9. The van der Waals surface area contributed by atoms with Crippen LogP contribution in [0.25, 0.3) is 0 Å². The van der Waals surface area contributed by atoms with Gasteiger partial charge in [-0.15, -0.1) is 11.3 Å². The van der Waals surface area contributed by atoms with Crippen molar-refractivity contribution in [1.29, 1.82) is 0 Å². The molecule has 0 spiro atoms. The van der Waals surface area contributed by atoms with Gasteiger partial charge in [-0.1, -0.05) is 11.6 Å². The van der Waals surface area contributed by atoms with Crippen LogP contribution in [0.5, 0.6) is 0 Å². The van der Waals surface area contributed by atoms with Gasteiger partial charge in [0, 0.05) is 17.8 Å². The zero-order chi connectivity index (χ0) is 13.1. The number of nitrogens with zero attached hydrogens (tertiary/aromatic N) is 2. The summed E-state index contributed by atoms with van der Waals surface area (Å²) in [5, 5.41) is 5.79. The van der Waals surface area contributed by atoms with Gasteiger partial charge in [-0.25, -0.2) is 9.97 Å². The zero-order valence-electron chi connectivity index (χ0n) is 9.55. The van der Waals surface area contributed by atoms with E-state index in [2.05, 4.69) is 15.3 Å². The maximum Gasteiger partial charge on any atom is 0.253 e. The Morgan fingerprint density at radius 2 is 2.33 bits per heavy atom. The molecule has 3 N–H and O–H groups in total. The summed E-state index contributed by atoms with van der Waals surface area (Å²) < 4.78 is 0. The number of halogens is 1. The third-order valence-electron chi connectivity index (χ3n) is 2.30. The van der Waals surface area contributed by atoms with Gasteiger partial charge in [-0.05, 0) is 13.0 Å². The number of thiazole rings is 1. The van der Waals surface area contributed by atoms with Crippen LogP contribution in [-0.4, -0.2) is 15.9 Å². The minimum Gasteiger partial charge on any atom is -0.382 e. The summed E-state index contributed by atoms with van der Waals surface area (Å²) in [7, 11) is 0. The molecule has 1 amide bonds. The second kappa shape index (κ2) is 5.32. The van der Waals surface area contributed by atoms with Crippen molar-refractivity contribution in [2.45, 2.75) is 13.0 Å². The van der Waals surface area contributed by atoms with Crippen molar-refractivity contribution in [3.8, 4) is 0 Å². The van der Waals surface area contributed by atoms with E-state index in [9.17, 15) is 4.79 Å². The van der Waals surface area contributed by atoms with Crippen LogP contribution in [0, 0.1) is 0 Å². The fourth-order valence-electron chi connectivity index (χ4n) is 1.36. The van der Waals surface area contributed by atoms with Gasteiger partial charge in [0.1, 0.15) is 10.8 Å². The predicted octanol–water partition coefficient (Wildman–Crippen LogP) is 2.26. The molecule has 2 heterocycles. The molecule has 7 heteroatoms. The summed E-state index contributed by atoms with van der Waals surface area (Å²) >= 11 is 7.30. The lowest BCUT2D eigenvalue weighted by Gasteiger charge is -2.11. The first-order valence-corrected chi connectivity index (χ1v) is 6.45. The van der Waals surface area contributed by atoms with Gasteiger partial charge in [0.25, 0.3) is 5.91 Å². The van der Waals surface area contributed by atoms with Gasteiger partial charge >= 0.3 is 0 Å². The summed E-state index contributed by atoms with van der Waals surface area (Å²) in [6.07, 6.45) is 3.09. The second-order valence-electron chi connectivity index (χ2n) is 3.66. The van der Waals surface area contributed by atoms with Crippen LogP contribution in [-0.2, 0) is 0 Å². The van der Waals surface area contributed by atoms with Crippen molar-refractivity contribution in [2.24, 2.45) is 0 Å². The molecule has 2 aromatic heterocycles. The Morgan fingerprint density at radius 1 is 1.56 bits per heavy atom. The van der Waals surface area contributed by atoms with E-state index in [4.69, 9.17) is 17.3 Å². The number of hydrogen-bond acceptors (Lipinski definition) is 5. The Morgan fingerprint density at radius 3 is 2.94 bits per heavy atom. The molecule has 0 aromatic carbocycles. The van der Waals surface area contributed by atoms with Crippen LogP contribution in [0.3, 0.4) is 0 Å². The SMILES string of the molecule is CC(NC(=O)c1cnc(N)c(Cl)c1)c1nccs1. The van der Waals surface area contributed by atoms with Crippen molar-refractivity contribution >= 4 is 34.7 Å². The molecule has 0 saturated heterocycles. The predicted molar refractivity (Wildman–Crippen MR) is 71.7 cm³/mol. The van der Waals surface area contributed by atoms with Gasteiger partial charge in [-0.2, -0.15) is 0 Å². The number of nitrogen functional groups attached to an aromatic ring is 1. The molecule has 2 aromatic rings. The lowest BCUT2D eigenvalue weighted by molar-refractivity contribution is 0.0939. The first-order valence-electron chi connectivity index (χ1n) is 5.19. The summed E-state index contributed by atoms with van der Waals surface area (Å²) in [4.78, 5) is 19.9. The number of carbonyl (C=O) groups excluding carboxylic acids is 1. The number of amides is 1. The first-order chi connectivity index (χ1) is 8.58. The summed E-state index contributed by atoms with van der Waals surface area (Å²) in [6, 6.07) is 1.34. The molecular formula is C11H11ClN4OS. The van der Waals surface area contributed by atoms with E-state index in [0.29, 0.717) is 5.56 Å². The molecule has 0 fully saturated rings. The van der Waals surface area contributed by atoms with Crippen molar-refractivity contribution in [1.82, 2.24) is 15.3 Å². The summed E-state index contributed by atoms with van der Waals surface area (Å²) in [5.74, 6) is -0.0479. The molecule has 0 aliphatic rings. The highest BCUT2D eigenvalue weighted by Gasteiger charge is 2.14. The number of carbonyl (C=O) groups is 1. The molecule has 1 atom stereocenters. The Hall–Kier alpha value is -1.66. The fraction of sp³-hybridized carbons (Fsp3) is 0.182. The van der Waals surface area contributed by atoms with E-state index in [1.165, 1.54) is 23.6 Å². The van der Waals surface area contributed by atoms with Gasteiger partial charge in [0.15, 0.2) is 0 Å². The van der Waals surface area contributed by atoms with Crippen molar-refractivity contribution < 1.29 is 4.79 Å². The van der Waals surface area contributed by atoms with E-state index >= 15 is 0 Å². The van der Waals surface area contributed by atoms with Gasteiger partial charge < -0.3 is 11.1 Å². The Labute approximate surface area is 113 Å². The van der Waals surface area contributed by atoms with Crippen LogP contribution >= 0.6 is 22.9 Å². The molecule has 2 rings (SSSR count). The zero-order valence-corrected chi connectivity index (χ0v) is 11.1. The number of aromatic nitrogens is 2. The smallest absolute Gasteiger partial charge is 0.253 e. The minimum atomic E-state index is -0.257. The van der Waals surface area contributed by atoms with E-state index in [1.54, 1.807) is 6.20 Å². The van der Waals surface area contributed by atoms with E-state index in [1.807, 2.05) is 12.3 Å². The minimum absolute atomic E-state index is 0.158. The van der Waals surface area contributed by atoms with Crippen LogP contribution in [0.1, 0.15) is 28.3 Å². The maximum atomic E-state index is 11.9. The molecular weight excluding hydrogens is 272 g/mol. The van der Waals surface area contributed by atoms with Crippen LogP contribution in [0.2, 0.25) is 5.02 Å². The third-order valence-corrected chi connectivity index (χ3v) is 3.56. The average Bonchev–Trinajstić information content (AvgIpc) is 2.86. The number of nitrogens with two attached hydrogens (primary N) is 1. The Balaban J connectivity index is 2.10. The lowest BCUT2D eigenvalue weighted by atomic mass is 10.2. The highest BCUT2D eigenvalue weighted by Crippen LogP contribution is 2.18. The quantitative estimate of drug-likeness (QED) is 0.905. The number of anilines is 1. The molecule has 18 heavy (non-hydrogen) atoms.